The van der Waals surface area contributed by atoms with Crippen LogP contribution < -0.4 is 20.9 Å². The Morgan fingerprint density at radius 3 is 2.59 bits per heavy atom. The molecule has 1 aliphatic heterocycles. The van der Waals surface area contributed by atoms with Crippen LogP contribution in [0.25, 0.3) is 0 Å². The summed E-state index contributed by atoms with van der Waals surface area (Å²) in [5.74, 6) is 0.647. The van der Waals surface area contributed by atoms with Gasteiger partial charge in [0.2, 0.25) is 0 Å². The molecule has 2 heterocycles. The average molecular weight is 398 g/mol. The Kier molecular flexibility index (Phi) is 6.54. The number of pyridine rings is 1. The fourth-order valence-electron chi connectivity index (χ4n) is 3.42. The predicted octanol–water partition coefficient (Wildman–Crippen LogP) is 2.07. The zero-order valence-corrected chi connectivity index (χ0v) is 16.7. The molecule has 0 aliphatic carbocycles. The van der Waals surface area contributed by atoms with Gasteiger partial charge in [-0.15, -0.1) is 0 Å². The van der Waals surface area contributed by atoms with Gasteiger partial charge < -0.3 is 24.8 Å². The van der Waals surface area contributed by atoms with Gasteiger partial charge in [-0.1, -0.05) is 12.1 Å². The fraction of sp³-hybridized carbons (Fsp3) is 0.381. The van der Waals surface area contributed by atoms with Gasteiger partial charge in [-0.05, 0) is 43.0 Å². The van der Waals surface area contributed by atoms with Gasteiger partial charge in [0, 0.05) is 32.9 Å². The third-order valence-electron chi connectivity index (χ3n) is 5.16. The van der Waals surface area contributed by atoms with Crippen LogP contribution in [0.5, 0.6) is 5.75 Å². The highest BCUT2D eigenvalue weighted by molar-refractivity contribution is 5.94. The number of ether oxygens (including phenoxy) is 1. The maximum absolute atomic E-state index is 12.6. The molecular weight excluding hydrogens is 372 g/mol. The van der Waals surface area contributed by atoms with E-state index in [-0.39, 0.29) is 29.0 Å². The third kappa shape index (κ3) is 4.96. The third-order valence-corrected chi connectivity index (χ3v) is 5.16. The van der Waals surface area contributed by atoms with Crippen LogP contribution in [-0.4, -0.2) is 48.1 Å². The lowest BCUT2D eigenvalue weighted by molar-refractivity contribution is 0.0688. The number of rotatable bonds is 5. The number of hydrogen-bond donors (Lipinski definition) is 2. The second-order valence-electron chi connectivity index (χ2n) is 7.11. The SMILES string of the molecule is COc1ccccc1NC(=O)NCC1CCN(C(=O)c2cccn(C)c2=O)CC1. The molecule has 2 N–H and O–H groups in total. The minimum absolute atomic E-state index is 0.197. The van der Waals surface area contributed by atoms with Crippen LogP contribution in [0.4, 0.5) is 10.5 Å². The molecule has 1 aromatic carbocycles. The van der Waals surface area contributed by atoms with Gasteiger partial charge in [-0.3, -0.25) is 9.59 Å². The highest BCUT2D eigenvalue weighted by Gasteiger charge is 2.25. The van der Waals surface area contributed by atoms with Gasteiger partial charge in [0.15, 0.2) is 0 Å². The molecule has 2 aromatic rings. The highest BCUT2D eigenvalue weighted by atomic mass is 16.5. The van der Waals surface area contributed by atoms with Crippen molar-refractivity contribution in [3.05, 3.63) is 58.5 Å². The molecule has 0 saturated carbocycles. The molecule has 1 fully saturated rings. The monoisotopic (exact) mass is 398 g/mol. The quantitative estimate of drug-likeness (QED) is 0.806. The molecule has 0 spiro atoms. The Morgan fingerprint density at radius 1 is 1.14 bits per heavy atom. The van der Waals surface area contributed by atoms with E-state index in [2.05, 4.69) is 10.6 Å². The maximum atomic E-state index is 12.6. The number of methoxy groups -OCH3 is 1. The van der Waals surface area contributed by atoms with Crippen molar-refractivity contribution in [2.75, 3.05) is 32.1 Å². The number of benzene rings is 1. The number of carbonyl (C=O) groups excluding carboxylic acids is 2. The van der Waals surface area contributed by atoms with E-state index in [1.807, 2.05) is 12.1 Å². The Hall–Kier alpha value is -3.29. The number of aromatic nitrogens is 1. The number of nitrogens with one attached hydrogen (secondary N) is 2. The standard InChI is InChI=1S/C21H26N4O4/c1-24-11-5-6-16(19(24)26)20(27)25-12-9-15(10-13-25)14-22-21(28)23-17-7-3-4-8-18(17)29-2/h3-8,11,15H,9-10,12-14H2,1-2H3,(H2,22,23,28). The van der Waals surface area contributed by atoms with Crippen LogP contribution >= 0.6 is 0 Å². The molecule has 1 aromatic heterocycles. The lowest BCUT2D eigenvalue weighted by atomic mass is 9.96. The topological polar surface area (TPSA) is 92.7 Å². The van der Waals surface area contributed by atoms with Gasteiger partial charge in [-0.2, -0.15) is 0 Å². The first kappa shape index (κ1) is 20.4. The minimum atomic E-state index is -0.291. The maximum Gasteiger partial charge on any atom is 0.319 e. The first-order valence-electron chi connectivity index (χ1n) is 9.62. The molecule has 154 valence electrons. The fourth-order valence-corrected chi connectivity index (χ4v) is 3.42. The summed E-state index contributed by atoms with van der Waals surface area (Å²) >= 11 is 0. The van der Waals surface area contributed by atoms with E-state index in [1.54, 1.807) is 49.5 Å². The van der Waals surface area contributed by atoms with Crippen molar-refractivity contribution in [3.63, 3.8) is 0 Å². The van der Waals surface area contributed by atoms with Gasteiger partial charge in [0.25, 0.3) is 11.5 Å². The highest BCUT2D eigenvalue weighted by Crippen LogP contribution is 2.23. The van der Waals surface area contributed by atoms with E-state index in [4.69, 9.17) is 4.74 Å². The van der Waals surface area contributed by atoms with Gasteiger partial charge in [-0.25, -0.2) is 4.79 Å². The van der Waals surface area contributed by atoms with Gasteiger partial charge >= 0.3 is 6.03 Å². The van der Waals surface area contributed by atoms with E-state index in [9.17, 15) is 14.4 Å². The van der Waals surface area contributed by atoms with Crippen LogP contribution in [0.2, 0.25) is 0 Å². The molecule has 0 radical (unpaired) electrons. The van der Waals surface area contributed by atoms with Crippen molar-refractivity contribution in [2.24, 2.45) is 13.0 Å². The van der Waals surface area contributed by atoms with Crippen molar-refractivity contribution in [1.82, 2.24) is 14.8 Å². The number of carbonyl (C=O) groups is 2. The Labute approximate surface area is 169 Å². The van der Waals surface area contributed by atoms with Gasteiger partial charge in [0.05, 0.1) is 12.8 Å². The smallest absolute Gasteiger partial charge is 0.319 e. The number of amides is 3. The average Bonchev–Trinajstić information content (AvgIpc) is 2.74. The lowest BCUT2D eigenvalue weighted by Crippen LogP contribution is -2.43. The zero-order chi connectivity index (χ0) is 20.8. The van der Waals surface area contributed by atoms with Crippen molar-refractivity contribution >= 4 is 17.6 Å². The second kappa shape index (κ2) is 9.27. The van der Waals surface area contributed by atoms with Crippen molar-refractivity contribution in [3.8, 4) is 5.75 Å². The van der Waals surface area contributed by atoms with Crippen molar-refractivity contribution in [1.29, 1.82) is 0 Å². The summed E-state index contributed by atoms with van der Waals surface area (Å²) in [7, 11) is 3.19. The summed E-state index contributed by atoms with van der Waals surface area (Å²) < 4.78 is 6.63. The molecule has 0 atom stereocenters. The number of hydrogen-bond acceptors (Lipinski definition) is 4. The van der Waals surface area contributed by atoms with Crippen LogP contribution in [0, 0.1) is 5.92 Å². The van der Waals surface area contributed by atoms with E-state index in [1.165, 1.54) is 4.57 Å². The van der Waals surface area contributed by atoms with E-state index in [0.717, 1.165) is 12.8 Å². The predicted molar refractivity (Wildman–Crippen MR) is 110 cm³/mol. The number of likely N-dealkylation sites (tertiary alicyclic amines) is 1. The molecule has 1 saturated heterocycles. The molecule has 29 heavy (non-hydrogen) atoms. The zero-order valence-electron chi connectivity index (χ0n) is 16.7. The van der Waals surface area contributed by atoms with Crippen molar-refractivity contribution in [2.45, 2.75) is 12.8 Å². The number of urea groups is 1. The summed E-state index contributed by atoms with van der Waals surface area (Å²) in [5.41, 5.74) is 0.523. The van der Waals surface area contributed by atoms with Gasteiger partial charge in [0.1, 0.15) is 11.3 Å². The largest absolute Gasteiger partial charge is 0.495 e. The number of aryl methyl sites for hydroxylation is 1. The summed E-state index contributed by atoms with van der Waals surface area (Å²) in [6, 6.07) is 10.2. The first-order valence-corrected chi connectivity index (χ1v) is 9.62. The Bertz CT molecular complexity index is 932. The molecule has 1 aliphatic rings. The molecule has 0 bridgehead atoms. The summed E-state index contributed by atoms with van der Waals surface area (Å²) in [4.78, 5) is 38.7. The molecule has 8 heteroatoms. The number of nitrogens with zero attached hydrogens (tertiary/aromatic N) is 2. The van der Waals surface area contributed by atoms with Crippen LogP contribution in [0.1, 0.15) is 23.2 Å². The van der Waals surface area contributed by atoms with Crippen LogP contribution in [0.3, 0.4) is 0 Å². The van der Waals surface area contributed by atoms with E-state index in [0.29, 0.717) is 31.1 Å². The Balaban J connectivity index is 1.47. The molecule has 3 rings (SSSR count). The minimum Gasteiger partial charge on any atom is -0.495 e. The molecular formula is C21H26N4O4. The molecule has 8 nitrogen and oxygen atoms in total. The van der Waals surface area contributed by atoms with E-state index >= 15 is 0 Å². The lowest BCUT2D eigenvalue weighted by Gasteiger charge is -2.32. The number of para-hydroxylation sites is 2. The Morgan fingerprint density at radius 2 is 1.86 bits per heavy atom. The first-order chi connectivity index (χ1) is 14.0. The summed E-state index contributed by atoms with van der Waals surface area (Å²) in [5, 5.41) is 5.67. The summed E-state index contributed by atoms with van der Waals surface area (Å²) in [6.07, 6.45) is 3.18. The number of piperidine rings is 1. The molecule has 3 amide bonds. The summed E-state index contributed by atoms with van der Waals surface area (Å²) in [6.45, 7) is 1.66. The van der Waals surface area contributed by atoms with Crippen LogP contribution in [-0.2, 0) is 7.05 Å². The second-order valence-corrected chi connectivity index (χ2v) is 7.11. The van der Waals surface area contributed by atoms with Crippen LogP contribution in [0.15, 0.2) is 47.4 Å². The van der Waals surface area contributed by atoms with E-state index < -0.39 is 0 Å². The number of anilines is 1. The normalized spacial score (nSPS) is 14.3. The van der Waals surface area contributed by atoms with Crippen molar-refractivity contribution < 1.29 is 14.3 Å². The molecule has 0 unspecified atom stereocenters.